The van der Waals surface area contributed by atoms with Gasteiger partial charge in [-0.2, -0.15) is 5.10 Å². The van der Waals surface area contributed by atoms with E-state index in [1.165, 1.54) is 5.56 Å². The van der Waals surface area contributed by atoms with E-state index in [9.17, 15) is 4.79 Å². The van der Waals surface area contributed by atoms with Gasteiger partial charge in [-0.25, -0.2) is 4.68 Å². The van der Waals surface area contributed by atoms with E-state index < -0.39 is 0 Å². The smallest absolute Gasteiger partial charge is 0.203 e. The largest absolute Gasteiger partial charge is 0.288 e. The number of hydrogen-bond acceptors (Lipinski definition) is 2. The van der Waals surface area contributed by atoms with Crippen molar-refractivity contribution in [1.29, 1.82) is 0 Å². The summed E-state index contributed by atoms with van der Waals surface area (Å²) in [6.45, 7) is 4.15. The average Bonchev–Trinajstić information content (AvgIpc) is 2.62. The summed E-state index contributed by atoms with van der Waals surface area (Å²) in [7, 11) is 0. The van der Waals surface area contributed by atoms with Crippen molar-refractivity contribution in [2.75, 3.05) is 0 Å². The molecule has 1 radical (unpaired) electrons. The number of para-hydroxylation sites is 1. The fourth-order valence-electron chi connectivity index (χ4n) is 2.79. The Hall–Kier alpha value is -2.68. The Labute approximate surface area is 136 Å². The van der Waals surface area contributed by atoms with Crippen molar-refractivity contribution in [2.24, 2.45) is 0 Å². The van der Waals surface area contributed by atoms with Crippen LogP contribution < -0.4 is 5.43 Å². The minimum Gasteiger partial charge on any atom is -0.288 e. The van der Waals surface area contributed by atoms with Crippen molar-refractivity contribution in [3.63, 3.8) is 0 Å². The van der Waals surface area contributed by atoms with E-state index in [4.69, 9.17) is 0 Å². The fraction of sp³-hybridized carbons (Fsp3) is 0.200. The van der Waals surface area contributed by atoms with Crippen molar-refractivity contribution < 1.29 is 0 Å². The summed E-state index contributed by atoms with van der Waals surface area (Å²) in [6, 6.07) is 20.5. The summed E-state index contributed by atoms with van der Waals surface area (Å²) in [5.74, 6) is -0.0638. The summed E-state index contributed by atoms with van der Waals surface area (Å²) in [5, 5.41) is 4.58. The van der Waals surface area contributed by atoms with Crippen molar-refractivity contribution in [1.82, 2.24) is 9.78 Å². The summed E-state index contributed by atoms with van der Waals surface area (Å²) < 4.78 is 1.76. The molecule has 1 aromatic heterocycles. The van der Waals surface area contributed by atoms with Gasteiger partial charge in [0.05, 0.1) is 5.69 Å². The molecular weight excluding hydrogens is 284 g/mol. The lowest BCUT2D eigenvalue weighted by Crippen LogP contribution is -2.19. The highest BCUT2D eigenvalue weighted by molar-refractivity contribution is 5.35. The molecule has 0 spiro atoms. The topological polar surface area (TPSA) is 34.9 Å². The maximum atomic E-state index is 12.3. The molecule has 0 N–H and O–H groups in total. The normalized spacial score (nSPS) is 12.1. The standard InChI is InChI=1S/C20H19N2O/c1-3-16-9-7-8-12-18(16)15(2)20-19(23)13-14-22(21-20)17-10-5-4-6-11-17/h4-7,9-15H,3H2,1-2H3. The van der Waals surface area contributed by atoms with Gasteiger partial charge in [-0.05, 0) is 35.7 Å². The van der Waals surface area contributed by atoms with Gasteiger partial charge < -0.3 is 0 Å². The zero-order chi connectivity index (χ0) is 16.2. The molecular formula is C20H19N2O. The SMILES string of the molecule is CCc1cc[c]cc1C(C)c1nn(-c2ccccc2)ccc1=O. The molecule has 0 bridgehead atoms. The minimum atomic E-state index is -0.0638. The van der Waals surface area contributed by atoms with Crippen LogP contribution in [0.25, 0.3) is 5.69 Å². The van der Waals surface area contributed by atoms with Crippen LogP contribution >= 0.6 is 0 Å². The van der Waals surface area contributed by atoms with Gasteiger partial charge in [-0.15, -0.1) is 0 Å². The van der Waals surface area contributed by atoms with Crippen LogP contribution in [0.4, 0.5) is 0 Å². The molecule has 1 heterocycles. The predicted octanol–water partition coefficient (Wildman–Crippen LogP) is 3.75. The lowest BCUT2D eigenvalue weighted by molar-refractivity contribution is 0.737. The van der Waals surface area contributed by atoms with Gasteiger partial charge in [0, 0.05) is 18.2 Å². The predicted molar refractivity (Wildman–Crippen MR) is 92.0 cm³/mol. The van der Waals surface area contributed by atoms with E-state index in [2.05, 4.69) is 24.2 Å². The van der Waals surface area contributed by atoms with Gasteiger partial charge in [-0.3, -0.25) is 4.79 Å². The van der Waals surface area contributed by atoms with Gasteiger partial charge >= 0.3 is 0 Å². The first-order chi connectivity index (χ1) is 11.2. The molecule has 1 unspecified atom stereocenters. The number of nitrogens with zero attached hydrogens (tertiary/aromatic N) is 2. The van der Waals surface area contributed by atoms with Crippen LogP contribution in [0.15, 0.2) is 65.6 Å². The second-order valence-electron chi connectivity index (χ2n) is 5.55. The van der Waals surface area contributed by atoms with E-state index in [1.54, 1.807) is 16.9 Å². The molecule has 3 nitrogen and oxygen atoms in total. The molecule has 2 aromatic carbocycles. The molecule has 115 valence electrons. The van der Waals surface area contributed by atoms with Gasteiger partial charge in [0.2, 0.25) is 5.43 Å². The lowest BCUT2D eigenvalue weighted by atomic mass is 9.92. The maximum absolute atomic E-state index is 12.3. The Kier molecular flexibility index (Phi) is 4.38. The van der Waals surface area contributed by atoms with E-state index in [0.29, 0.717) is 5.69 Å². The Morgan fingerprint density at radius 3 is 2.70 bits per heavy atom. The van der Waals surface area contributed by atoms with E-state index in [0.717, 1.165) is 17.7 Å². The zero-order valence-corrected chi connectivity index (χ0v) is 13.4. The van der Waals surface area contributed by atoms with E-state index in [-0.39, 0.29) is 11.3 Å². The first-order valence-corrected chi connectivity index (χ1v) is 7.85. The van der Waals surface area contributed by atoms with Crippen LogP contribution in [0, 0.1) is 6.07 Å². The van der Waals surface area contributed by atoms with Gasteiger partial charge in [0.15, 0.2) is 0 Å². The first kappa shape index (κ1) is 15.2. The second-order valence-corrected chi connectivity index (χ2v) is 5.55. The number of rotatable bonds is 4. The molecule has 0 saturated heterocycles. The molecule has 0 amide bonds. The quantitative estimate of drug-likeness (QED) is 0.736. The monoisotopic (exact) mass is 303 g/mol. The summed E-state index contributed by atoms with van der Waals surface area (Å²) in [5.41, 5.74) is 3.82. The number of aromatic nitrogens is 2. The third-order valence-corrected chi connectivity index (χ3v) is 4.10. The molecule has 0 saturated carbocycles. The van der Waals surface area contributed by atoms with Crippen LogP contribution in [-0.2, 0) is 6.42 Å². The zero-order valence-electron chi connectivity index (χ0n) is 13.4. The van der Waals surface area contributed by atoms with E-state index in [1.807, 2.05) is 49.4 Å². The molecule has 3 aromatic rings. The molecule has 0 aliphatic heterocycles. The minimum absolute atomic E-state index is 0.0319. The van der Waals surface area contributed by atoms with Crippen molar-refractivity contribution in [3.05, 3.63) is 93.9 Å². The Morgan fingerprint density at radius 2 is 1.96 bits per heavy atom. The fourth-order valence-corrected chi connectivity index (χ4v) is 2.79. The van der Waals surface area contributed by atoms with Crippen LogP contribution in [0.5, 0.6) is 0 Å². The molecule has 0 fully saturated rings. The number of hydrogen-bond donors (Lipinski definition) is 0. The Bertz CT molecular complexity index is 853. The van der Waals surface area contributed by atoms with E-state index >= 15 is 0 Å². The van der Waals surface area contributed by atoms with Crippen molar-refractivity contribution in [3.8, 4) is 5.69 Å². The summed E-state index contributed by atoms with van der Waals surface area (Å²) >= 11 is 0. The average molecular weight is 303 g/mol. The maximum Gasteiger partial charge on any atom is 0.203 e. The third kappa shape index (κ3) is 3.09. The second kappa shape index (κ2) is 6.61. The number of aryl methyl sites for hydroxylation is 1. The summed E-state index contributed by atoms with van der Waals surface area (Å²) in [6.07, 6.45) is 2.64. The van der Waals surface area contributed by atoms with Crippen LogP contribution in [0.3, 0.4) is 0 Å². The molecule has 1 atom stereocenters. The van der Waals surface area contributed by atoms with Gasteiger partial charge in [-0.1, -0.05) is 50.2 Å². The molecule has 23 heavy (non-hydrogen) atoms. The molecule has 0 aliphatic carbocycles. The van der Waals surface area contributed by atoms with Gasteiger partial charge in [0.1, 0.15) is 5.69 Å². The van der Waals surface area contributed by atoms with Crippen molar-refractivity contribution >= 4 is 0 Å². The molecule has 3 heteroatoms. The lowest BCUT2D eigenvalue weighted by Gasteiger charge is -2.16. The summed E-state index contributed by atoms with van der Waals surface area (Å²) in [4.78, 5) is 12.3. The third-order valence-electron chi connectivity index (χ3n) is 4.10. The number of benzene rings is 2. The highest BCUT2D eigenvalue weighted by Crippen LogP contribution is 2.24. The van der Waals surface area contributed by atoms with Crippen LogP contribution in [-0.4, -0.2) is 9.78 Å². The van der Waals surface area contributed by atoms with Crippen LogP contribution in [0.2, 0.25) is 0 Å². The molecule has 0 aliphatic rings. The van der Waals surface area contributed by atoms with Crippen LogP contribution in [0.1, 0.15) is 36.6 Å². The highest BCUT2D eigenvalue weighted by atomic mass is 16.1. The first-order valence-electron chi connectivity index (χ1n) is 7.85. The highest BCUT2D eigenvalue weighted by Gasteiger charge is 2.17. The van der Waals surface area contributed by atoms with Gasteiger partial charge in [0.25, 0.3) is 0 Å². The molecule has 3 rings (SSSR count). The Balaban J connectivity index is 2.07. The van der Waals surface area contributed by atoms with Crippen molar-refractivity contribution in [2.45, 2.75) is 26.2 Å². The Morgan fingerprint density at radius 1 is 1.17 bits per heavy atom.